The van der Waals surface area contributed by atoms with Crippen LogP contribution in [0.15, 0.2) is 30.5 Å². The number of hydrogen-bond donors (Lipinski definition) is 0. The molecule has 0 N–H and O–H groups in total. The summed E-state index contributed by atoms with van der Waals surface area (Å²) >= 11 is 6.40. The van der Waals surface area contributed by atoms with Crippen LogP contribution in [0, 0.1) is 5.92 Å². The minimum absolute atomic E-state index is 0.199. The third-order valence-electron chi connectivity index (χ3n) is 6.36. The molecule has 0 radical (unpaired) electrons. The van der Waals surface area contributed by atoms with Crippen molar-refractivity contribution >= 4 is 17.4 Å². The fourth-order valence-electron chi connectivity index (χ4n) is 4.87. The zero-order chi connectivity index (χ0) is 17.2. The SMILES string of the molecule is Cn1ncc(Cl)c1CC1c2ccccc2C2(CC2)N1CC1CC(=O)C1. The molecule has 2 heterocycles. The predicted molar refractivity (Wildman–Crippen MR) is 96.5 cm³/mol. The van der Waals surface area contributed by atoms with E-state index in [4.69, 9.17) is 11.6 Å². The second-order valence-electron chi connectivity index (χ2n) is 7.87. The van der Waals surface area contributed by atoms with Crippen LogP contribution in [0.2, 0.25) is 5.02 Å². The maximum atomic E-state index is 11.5. The van der Waals surface area contributed by atoms with Gasteiger partial charge >= 0.3 is 0 Å². The normalized spacial score (nSPS) is 24.6. The lowest BCUT2D eigenvalue weighted by Gasteiger charge is -2.37. The monoisotopic (exact) mass is 355 g/mol. The van der Waals surface area contributed by atoms with Crippen LogP contribution in [0.3, 0.4) is 0 Å². The minimum atomic E-state index is 0.199. The van der Waals surface area contributed by atoms with Crippen molar-refractivity contribution in [1.82, 2.24) is 14.7 Å². The van der Waals surface area contributed by atoms with Gasteiger partial charge in [0.1, 0.15) is 5.78 Å². The number of carbonyl (C=O) groups is 1. The number of nitrogens with zero attached hydrogens (tertiary/aromatic N) is 3. The number of carbonyl (C=O) groups excluding carboxylic acids is 1. The first kappa shape index (κ1) is 15.6. The predicted octanol–water partition coefficient (Wildman–Crippen LogP) is 3.64. The van der Waals surface area contributed by atoms with Crippen molar-refractivity contribution in [3.8, 4) is 0 Å². The zero-order valence-electron chi connectivity index (χ0n) is 14.4. The summed E-state index contributed by atoms with van der Waals surface area (Å²) in [6, 6.07) is 9.19. The van der Waals surface area contributed by atoms with Crippen molar-refractivity contribution in [2.24, 2.45) is 13.0 Å². The molecule has 5 heteroatoms. The number of halogens is 1. The van der Waals surface area contributed by atoms with E-state index < -0.39 is 0 Å². The van der Waals surface area contributed by atoms with Crippen LogP contribution in [0.5, 0.6) is 0 Å². The van der Waals surface area contributed by atoms with Gasteiger partial charge in [-0.15, -0.1) is 0 Å². The molecular formula is C20H22ClN3O. The van der Waals surface area contributed by atoms with E-state index in [9.17, 15) is 4.79 Å². The fraction of sp³-hybridized carbons (Fsp3) is 0.500. The summed E-state index contributed by atoms with van der Waals surface area (Å²) in [6.45, 7) is 1.01. The van der Waals surface area contributed by atoms with E-state index in [1.54, 1.807) is 6.20 Å². The van der Waals surface area contributed by atoms with Crippen LogP contribution in [0.4, 0.5) is 0 Å². The number of benzene rings is 1. The van der Waals surface area contributed by atoms with Gasteiger partial charge in [-0.2, -0.15) is 5.10 Å². The Balaban J connectivity index is 1.52. The molecule has 2 aliphatic carbocycles. The maximum absolute atomic E-state index is 11.5. The van der Waals surface area contributed by atoms with Crippen LogP contribution in [0.1, 0.15) is 48.5 Å². The van der Waals surface area contributed by atoms with Gasteiger partial charge in [0.15, 0.2) is 0 Å². The standard InChI is InChI=1S/C20H22ClN3O/c1-23-19(17(21)11-22-23)10-18-15-4-2-3-5-16(15)20(6-7-20)24(18)12-13-8-14(25)9-13/h2-5,11,13,18H,6-10,12H2,1H3. The molecule has 1 aromatic carbocycles. The number of hydrogen-bond acceptors (Lipinski definition) is 3. The van der Waals surface area contributed by atoms with Gasteiger partial charge in [-0.3, -0.25) is 14.4 Å². The first-order valence-electron chi connectivity index (χ1n) is 9.13. The maximum Gasteiger partial charge on any atom is 0.133 e. The van der Waals surface area contributed by atoms with E-state index in [0.717, 1.165) is 36.5 Å². The van der Waals surface area contributed by atoms with Crippen LogP contribution in [-0.2, 0) is 23.8 Å². The molecule has 5 rings (SSSR count). The molecule has 130 valence electrons. The molecule has 4 nitrogen and oxygen atoms in total. The quantitative estimate of drug-likeness (QED) is 0.840. The van der Waals surface area contributed by atoms with E-state index >= 15 is 0 Å². The molecule has 25 heavy (non-hydrogen) atoms. The van der Waals surface area contributed by atoms with Crippen LogP contribution in [0.25, 0.3) is 0 Å². The average molecular weight is 356 g/mol. The Morgan fingerprint density at radius 3 is 2.68 bits per heavy atom. The second kappa shape index (κ2) is 5.42. The highest BCUT2D eigenvalue weighted by Gasteiger charge is 2.58. The summed E-state index contributed by atoms with van der Waals surface area (Å²) in [7, 11) is 1.96. The Bertz CT molecular complexity index is 827. The summed E-state index contributed by atoms with van der Waals surface area (Å²) in [5.74, 6) is 0.932. The van der Waals surface area contributed by atoms with Crippen LogP contribution < -0.4 is 0 Å². The van der Waals surface area contributed by atoms with Gasteiger partial charge in [-0.1, -0.05) is 35.9 Å². The van der Waals surface area contributed by atoms with Gasteiger partial charge in [-0.25, -0.2) is 0 Å². The summed E-state index contributed by atoms with van der Waals surface area (Å²) in [6.07, 6.45) is 6.55. The Morgan fingerprint density at radius 2 is 2.04 bits per heavy atom. The first-order valence-corrected chi connectivity index (χ1v) is 9.50. The molecule has 0 bridgehead atoms. The lowest BCUT2D eigenvalue weighted by Crippen LogP contribution is -2.41. The van der Waals surface area contributed by atoms with Gasteiger partial charge in [0, 0.05) is 44.4 Å². The summed E-state index contributed by atoms with van der Waals surface area (Å²) in [5.41, 5.74) is 4.21. The van der Waals surface area contributed by atoms with Crippen LogP contribution in [-0.4, -0.2) is 27.0 Å². The molecular weight excluding hydrogens is 334 g/mol. The molecule has 2 aromatic rings. The first-order chi connectivity index (χ1) is 12.1. The number of aryl methyl sites for hydroxylation is 1. The van der Waals surface area contributed by atoms with E-state index in [1.165, 1.54) is 24.0 Å². The fourth-order valence-corrected chi connectivity index (χ4v) is 5.11. The molecule has 2 saturated carbocycles. The Kier molecular flexibility index (Phi) is 3.38. The Labute approximate surface area is 152 Å². The van der Waals surface area contributed by atoms with Gasteiger partial charge in [0.25, 0.3) is 0 Å². The highest BCUT2D eigenvalue weighted by molar-refractivity contribution is 6.31. The average Bonchev–Trinajstić information content (AvgIpc) is 3.26. The highest BCUT2D eigenvalue weighted by Crippen LogP contribution is 2.61. The van der Waals surface area contributed by atoms with Crippen molar-refractivity contribution in [2.75, 3.05) is 6.54 Å². The van der Waals surface area contributed by atoms with Gasteiger partial charge < -0.3 is 0 Å². The van der Waals surface area contributed by atoms with Crippen molar-refractivity contribution in [2.45, 2.75) is 43.7 Å². The molecule has 0 amide bonds. The number of aromatic nitrogens is 2. The van der Waals surface area contributed by atoms with E-state index in [0.29, 0.717) is 17.7 Å². The Hall–Kier alpha value is -1.65. The van der Waals surface area contributed by atoms with Crippen molar-refractivity contribution < 1.29 is 4.79 Å². The van der Waals surface area contributed by atoms with E-state index in [2.05, 4.69) is 34.3 Å². The van der Waals surface area contributed by atoms with Crippen molar-refractivity contribution in [3.05, 3.63) is 52.3 Å². The lowest BCUT2D eigenvalue weighted by molar-refractivity contribution is -0.127. The molecule has 0 saturated heterocycles. The van der Waals surface area contributed by atoms with E-state index in [1.807, 2.05) is 11.7 Å². The van der Waals surface area contributed by atoms with E-state index in [-0.39, 0.29) is 5.54 Å². The summed E-state index contributed by atoms with van der Waals surface area (Å²) in [4.78, 5) is 14.1. The number of rotatable bonds is 4. The van der Waals surface area contributed by atoms with Crippen molar-refractivity contribution in [1.29, 1.82) is 0 Å². The largest absolute Gasteiger partial charge is 0.300 e. The lowest BCUT2D eigenvalue weighted by atomic mass is 9.83. The zero-order valence-corrected chi connectivity index (χ0v) is 15.2. The van der Waals surface area contributed by atoms with Gasteiger partial charge in [0.2, 0.25) is 0 Å². The number of Topliss-reactive ketones (excluding diaryl/α,β-unsaturated/α-hetero) is 1. The highest BCUT2D eigenvalue weighted by atomic mass is 35.5. The molecule has 1 atom stereocenters. The molecule has 1 unspecified atom stereocenters. The van der Waals surface area contributed by atoms with Gasteiger partial charge in [0.05, 0.1) is 16.9 Å². The molecule has 1 aromatic heterocycles. The molecule has 1 aliphatic heterocycles. The molecule has 3 aliphatic rings. The number of fused-ring (bicyclic) bond motifs is 2. The smallest absolute Gasteiger partial charge is 0.133 e. The third-order valence-corrected chi connectivity index (χ3v) is 6.67. The Morgan fingerprint density at radius 1 is 1.28 bits per heavy atom. The minimum Gasteiger partial charge on any atom is -0.300 e. The third kappa shape index (κ3) is 2.31. The van der Waals surface area contributed by atoms with Gasteiger partial charge in [-0.05, 0) is 29.9 Å². The number of ketones is 1. The van der Waals surface area contributed by atoms with Crippen LogP contribution >= 0.6 is 11.6 Å². The summed E-state index contributed by atoms with van der Waals surface area (Å²) in [5, 5.41) is 5.06. The van der Waals surface area contributed by atoms with Crippen molar-refractivity contribution in [3.63, 3.8) is 0 Å². The molecule has 1 spiro atoms. The topological polar surface area (TPSA) is 38.1 Å². The second-order valence-corrected chi connectivity index (χ2v) is 8.27. The molecule has 2 fully saturated rings. The summed E-state index contributed by atoms with van der Waals surface area (Å²) < 4.78 is 1.90.